The predicted molar refractivity (Wildman–Crippen MR) is 127 cm³/mol. The maximum absolute atomic E-state index is 14.9. The average Bonchev–Trinajstić information content (AvgIpc) is 3.12. The number of nitrogens with one attached hydrogen (secondary N) is 1. The van der Waals surface area contributed by atoms with Gasteiger partial charge >= 0.3 is 0 Å². The van der Waals surface area contributed by atoms with Crippen molar-refractivity contribution >= 4 is 34.8 Å². The molecule has 1 saturated heterocycles. The zero-order valence-electron chi connectivity index (χ0n) is 19.6. The molecule has 9 nitrogen and oxygen atoms in total. The Balaban J connectivity index is 1.29. The predicted octanol–water partition coefficient (Wildman–Crippen LogP) is 2.57. The van der Waals surface area contributed by atoms with E-state index in [1.807, 2.05) is 0 Å². The number of imide groups is 1. The average molecular weight is 496 g/mol. The fourth-order valence-corrected chi connectivity index (χ4v) is 4.77. The molecule has 2 amide bonds. The van der Waals surface area contributed by atoms with E-state index in [9.17, 15) is 23.6 Å². The molecule has 0 aromatic heterocycles. The fraction of sp³-hybridized carbons (Fsp3) is 0.385. The highest BCUT2D eigenvalue weighted by Gasteiger charge is 2.45. The van der Waals surface area contributed by atoms with Crippen molar-refractivity contribution < 1.29 is 33.0 Å². The largest absolute Gasteiger partial charge is 0.492 e. The van der Waals surface area contributed by atoms with Gasteiger partial charge in [-0.1, -0.05) is 6.07 Å². The third kappa shape index (κ3) is 4.74. The molecule has 1 N–H and O–H groups in total. The number of carbonyl (C=O) groups is 4. The third-order valence-electron chi connectivity index (χ3n) is 6.69. The highest BCUT2D eigenvalue weighted by molar-refractivity contribution is 6.25. The Kier molecular flexibility index (Phi) is 6.80. The molecule has 2 aliphatic heterocycles. The number of nitrogens with zero attached hydrogens (tertiary/aromatic N) is 2. The number of ether oxygens (including phenoxy) is 2. The lowest BCUT2D eigenvalue weighted by Gasteiger charge is -2.27. The van der Waals surface area contributed by atoms with Gasteiger partial charge in [-0.15, -0.1) is 0 Å². The van der Waals surface area contributed by atoms with Crippen LogP contribution in [-0.4, -0.2) is 78.7 Å². The molecular formula is C26H26FN3O6. The van der Waals surface area contributed by atoms with Crippen molar-refractivity contribution in [2.45, 2.75) is 25.3 Å². The number of ketones is 2. The molecule has 1 unspecified atom stereocenters. The summed E-state index contributed by atoms with van der Waals surface area (Å²) in [7, 11) is 0. The van der Waals surface area contributed by atoms with Crippen LogP contribution in [-0.2, 0) is 14.3 Å². The number of Topliss-reactive ketones (excluding diaryl/α,β-unsaturated/α-hetero) is 2. The van der Waals surface area contributed by atoms with Gasteiger partial charge in [-0.2, -0.15) is 0 Å². The van der Waals surface area contributed by atoms with E-state index in [-0.39, 0.29) is 47.5 Å². The lowest BCUT2D eigenvalue weighted by molar-refractivity contribution is -0.132. The van der Waals surface area contributed by atoms with Crippen LogP contribution in [0.25, 0.3) is 0 Å². The highest BCUT2D eigenvalue weighted by atomic mass is 19.1. The van der Waals surface area contributed by atoms with Gasteiger partial charge in [0.05, 0.1) is 48.2 Å². The van der Waals surface area contributed by atoms with Crippen LogP contribution in [0.2, 0.25) is 0 Å². The van der Waals surface area contributed by atoms with Crippen molar-refractivity contribution in [3.63, 3.8) is 0 Å². The molecular weight excluding hydrogens is 469 g/mol. The van der Waals surface area contributed by atoms with Gasteiger partial charge in [0.2, 0.25) is 0 Å². The van der Waals surface area contributed by atoms with Gasteiger partial charge in [-0.05, 0) is 30.7 Å². The summed E-state index contributed by atoms with van der Waals surface area (Å²) in [6.45, 7) is 4.20. The van der Waals surface area contributed by atoms with E-state index in [0.29, 0.717) is 32.1 Å². The summed E-state index contributed by atoms with van der Waals surface area (Å²) in [5, 5.41) is 2.91. The molecule has 0 spiro atoms. The molecule has 2 heterocycles. The molecule has 0 radical (unpaired) electrons. The van der Waals surface area contributed by atoms with Crippen molar-refractivity contribution in [2.24, 2.45) is 0 Å². The van der Waals surface area contributed by atoms with Gasteiger partial charge in [0.1, 0.15) is 24.0 Å². The molecule has 1 aliphatic carbocycles. The number of fused-ring (bicyclic) bond motifs is 1. The first-order valence-corrected chi connectivity index (χ1v) is 12.0. The minimum atomic E-state index is -0.964. The standard InChI is InChI=1S/C26H26FN3O6/c27-19-15-17(36-13-10-29-8-11-35-12-9-29)5-6-20(19)28-21-3-1-2-18-24(21)26(34)30(25(18)33)22-7-4-16(31)14-23(22)32/h1-3,5-6,15,22,28H,4,7-14H2. The summed E-state index contributed by atoms with van der Waals surface area (Å²) in [4.78, 5) is 53.4. The number of morpholine rings is 1. The number of carbonyl (C=O) groups excluding carboxylic acids is 4. The van der Waals surface area contributed by atoms with Crippen molar-refractivity contribution in [1.29, 1.82) is 0 Å². The van der Waals surface area contributed by atoms with Gasteiger partial charge in [0.15, 0.2) is 5.78 Å². The molecule has 0 bridgehead atoms. The molecule has 2 fully saturated rings. The Bertz CT molecular complexity index is 1230. The van der Waals surface area contributed by atoms with E-state index in [2.05, 4.69) is 10.2 Å². The normalized spacial score (nSPS) is 20.6. The molecule has 10 heteroatoms. The van der Waals surface area contributed by atoms with E-state index >= 15 is 0 Å². The van der Waals surface area contributed by atoms with E-state index in [0.717, 1.165) is 18.0 Å². The topological polar surface area (TPSA) is 105 Å². The van der Waals surface area contributed by atoms with Gasteiger partial charge < -0.3 is 14.8 Å². The number of halogens is 1. The number of anilines is 2. The number of amides is 2. The van der Waals surface area contributed by atoms with Crippen LogP contribution in [0, 0.1) is 5.82 Å². The van der Waals surface area contributed by atoms with E-state index in [1.54, 1.807) is 18.2 Å². The Morgan fingerprint density at radius 1 is 1.03 bits per heavy atom. The van der Waals surface area contributed by atoms with E-state index in [1.165, 1.54) is 18.2 Å². The van der Waals surface area contributed by atoms with Crippen molar-refractivity contribution in [2.75, 3.05) is 44.8 Å². The second-order valence-corrected chi connectivity index (χ2v) is 9.01. The Hall–Kier alpha value is -3.63. The summed E-state index contributed by atoms with van der Waals surface area (Å²) >= 11 is 0. The minimum Gasteiger partial charge on any atom is -0.492 e. The first-order chi connectivity index (χ1) is 17.4. The molecule has 1 atom stereocenters. The fourth-order valence-electron chi connectivity index (χ4n) is 4.77. The first-order valence-electron chi connectivity index (χ1n) is 12.0. The van der Waals surface area contributed by atoms with Crippen LogP contribution in [0.4, 0.5) is 15.8 Å². The lowest BCUT2D eigenvalue weighted by atomic mass is 9.92. The number of rotatable bonds is 7. The summed E-state index contributed by atoms with van der Waals surface area (Å²) in [5.74, 6) is -2.05. The van der Waals surface area contributed by atoms with Crippen LogP contribution in [0.5, 0.6) is 5.75 Å². The summed E-state index contributed by atoms with van der Waals surface area (Å²) in [5.41, 5.74) is 0.588. The monoisotopic (exact) mass is 495 g/mol. The van der Waals surface area contributed by atoms with Gasteiger partial charge in [0, 0.05) is 32.1 Å². The zero-order chi connectivity index (χ0) is 25.2. The second-order valence-electron chi connectivity index (χ2n) is 9.01. The van der Waals surface area contributed by atoms with Gasteiger partial charge in [0.25, 0.3) is 11.8 Å². The van der Waals surface area contributed by atoms with Crippen LogP contribution in [0.1, 0.15) is 40.0 Å². The first kappa shape index (κ1) is 24.1. The number of hydrogen-bond acceptors (Lipinski definition) is 8. The lowest BCUT2D eigenvalue weighted by Crippen LogP contribution is -2.47. The van der Waals surface area contributed by atoms with Gasteiger partial charge in [-0.25, -0.2) is 4.39 Å². The quantitative estimate of drug-likeness (QED) is 0.462. The molecule has 5 rings (SSSR count). The van der Waals surface area contributed by atoms with Crippen LogP contribution in [0.3, 0.4) is 0 Å². The van der Waals surface area contributed by atoms with Crippen LogP contribution >= 0.6 is 0 Å². The highest BCUT2D eigenvalue weighted by Crippen LogP contribution is 2.35. The molecule has 2 aromatic rings. The molecule has 36 heavy (non-hydrogen) atoms. The maximum atomic E-state index is 14.9. The molecule has 1 saturated carbocycles. The second kappa shape index (κ2) is 10.2. The smallest absolute Gasteiger partial charge is 0.264 e. The Morgan fingerprint density at radius 2 is 1.83 bits per heavy atom. The minimum absolute atomic E-state index is 0.0810. The van der Waals surface area contributed by atoms with Crippen molar-refractivity contribution in [1.82, 2.24) is 9.80 Å². The number of hydrogen-bond donors (Lipinski definition) is 1. The van der Waals surface area contributed by atoms with Gasteiger partial charge in [-0.3, -0.25) is 29.0 Å². The maximum Gasteiger partial charge on any atom is 0.264 e. The molecule has 3 aliphatic rings. The van der Waals surface area contributed by atoms with E-state index < -0.39 is 29.5 Å². The molecule has 188 valence electrons. The molecule has 2 aromatic carbocycles. The SMILES string of the molecule is O=C1CCC(N2C(=O)c3cccc(Nc4ccc(OCCN5CCOCC5)cc4F)c3C2=O)C(=O)C1. The zero-order valence-corrected chi connectivity index (χ0v) is 19.6. The van der Waals surface area contributed by atoms with Crippen LogP contribution < -0.4 is 10.1 Å². The van der Waals surface area contributed by atoms with Crippen molar-refractivity contribution in [3.05, 3.63) is 53.3 Å². The number of benzene rings is 2. The van der Waals surface area contributed by atoms with Crippen LogP contribution in [0.15, 0.2) is 36.4 Å². The summed E-state index contributed by atoms with van der Waals surface area (Å²) in [6, 6.07) is 8.10. The van der Waals surface area contributed by atoms with E-state index in [4.69, 9.17) is 9.47 Å². The Labute approximate surface area is 207 Å². The summed E-state index contributed by atoms with van der Waals surface area (Å²) < 4.78 is 25.9. The van der Waals surface area contributed by atoms with Crippen molar-refractivity contribution in [3.8, 4) is 5.75 Å². The Morgan fingerprint density at radius 3 is 2.58 bits per heavy atom. The summed E-state index contributed by atoms with van der Waals surface area (Å²) in [6.07, 6.45) is -0.0240. The third-order valence-corrected chi connectivity index (χ3v) is 6.69.